The van der Waals surface area contributed by atoms with Gasteiger partial charge in [0.25, 0.3) is 5.91 Å². The zero-order valence-electron chi connectivity index (χ0n) is 12.3. The van der Waals surface area contributed by atoms with Crippen molar-refractivity contribution in [2.45, 2.75) is 33.2 Å². The standard InChI is InChI=1S/C14H23N3O2/c1-8-6-9(2)11(13(19-5)10(8)3)7-12(15)14(18)17(4)16/h6,12H,7,15-16H2,1-5H3. The first-order chi connectivity index (χ1) is 8.79. The Balaban J connectivity index is 3.14. The van der Waals surface area contributed by atoms with Gasteiger partial charge in [-0.1, -0.05) is 6.07 Å². The maximum Gasteiger partial charge on any atom is 0.253 e. The number of benzene rings is 1. The third-order valence-electron chi connectivity index (χ3n) is 3.41. The van der Waals surface area contributed by atoms with Crippen molar-refractivity contribution in [3.05, 3.63) is 28.3 Å². The quantitative estimate of drug-likeness (QED) is 0.480. The SMILES string of the molecule is COc1c(C)c(C)cc(C)c1CC(N)C(=O)N(C)N. The van der Waals surface area contributed by atoms with Gasteiger partial charge in [-0.2, -0.15) is 0 Å². The predicted octanol–water partition coefficient (Wildman–Crippen LogP) is 0.822. The van der Waals surface area contributed by atoms with E-state index in [1.165, 1.54) is 7.05 Å². The zero-order valence-corrected chi connectivity index (χ0v) is 12.3. The highest BCUT2D eigenvalue weighted by Gasteiger charge is 2.21. The number of aryl methyl sites for hydroxylation is 2. The Kier molecular flexibility index (Phi) is 4.91. The summed E-state index contributed by atoms with van der Waals surface area (Å²) in [5.41, 5.74) is 10.2. The number of likely N-dealkylation sites (N-methyl/N-ethyl adjacent to an activating group) is 1. The summed E-state index contributed by atoms with van der Waals surface area (Å²) in [6, 6.07) is 1.42. The molecule has 0 aromatic heterocycles. The largest absolute Gasteiger partial charge is 0.496 e. The van der Waals surface area contributed by atoms with Crippen LogP contribution in [0.1, 0.15) is 22.3 Å². The number of hydrogen-bond donors (Lipinski definition) is 2. The van der Waals surface area contributed by atoms with Crippen LogP contribution in [0.3, 0.4) is 0 Å². The zero-order chi connectivity index (χ0) is 14.7. The molecule has 0 spiro atoms. The maximum absolute atomic E-state index is 11.7. The maximum atomic E-state index is 11.7. The number of carbonyl (C=O) groups is 1. The Morgan fingerprint density at radius 1 is 1.37 bits per heavy atom. The molecule has 1 rings (SSSR count). The number of hydrazine groups is 1. The molecule has 0 saturated carbocycles. The minimum Gasteiger partial charge on any atom is -0.496 e. The Hall–Kier alpha value is -1.59. The molecule has 1 aromatic rings. The Bertz CT molecular complexity index is 484. The number of hydrogen-bond acceptors (Lipinski definition) is 4. The van der Waals surface area contributed by atoms with Crippen molar-refractivity contribution in [3.8, 4) is 5.75 Å². The van der Waals surface area contributed by atoms with Crippen LogP contribution in [-0.2, 0) is 11.2 Å². The summed E-state index contributed by atoms with van der Waals surface area (Å²) in [7, 11) is 3.12. The first kappa shape index (κ1) is 15.5. The summed E-state index contributed by atoms with van der Waals surface area (Å²) in [6.07, 6.45) is 0.413. The van der Waals surface area contributed by atoms with E-state index in [9.17, 15) is 4.79 Å². The van der Waals surface area contributed by atoms with Crippen molar-refractivity contribution in [3.63, 3.8) is 0 Å². The molecule has 1 amide bonds. The fraction of sp³-hybridized carbons (Fsp3) is 0.500. The van der Waals surface area contributed by atoms with E-state index in [4.69, 9.17) is 16.3 Å². The van der Waals surface area contributed by atoms with E-state index in [2.05, 4.69) is 6.07 Å². The van der Waals surface area contributed by atoms with Gasteiger partial charge in [-0.25, -0.2) is 5.84 Å². The van der Waals surface area contributed by atoms with E-state index in [1.54, 1.807) is 7.11 Å². The van der Waals surface area contributed by atoms with E-state index in [0.29, 0.717) is 6.42 Å². The van der Waals surface area contributed by atoms with E-state index in [-0.39, 0.29) is 5.91 Å². The van der Waals surface area contributed by atoms with Gasteiger partial charge in [-0.15, -0.1) is 0 Å². The van der Waals surface area contributed by atoms with E-state index < -0.39 is 6.04 Å². The molecule has 5 nitrogen and oxygen atoms in total. The lowest BCUT2D eigenvalue weighted by molar-refractivity contribution is -0.131. The summed E-state index contributed by atoms with van der Waals surface area (Å²) in [4.78, 5) is 11.7. The molecular formula is C14H23N3O2. The third kappa shape index (κ3) is 3.24. The molecule has 0 aliphatic carbocycles. The van der Waals surface area contributed by atoms with Gasteiger partial charge in [-0.05, 0) is 43.0 Å². The number of nitrogens with zero attached hydrogens (tertiary/aromatic N) is 1. The highest BCUT2D eigenvalue weighted by Crippen LogP contribution is 2.30. The Morgan fingerprint density at radius 2 is 1.95 bits per heavy atom. The lowest BCUT2D eigenvalue weighted by atomic mass is 9.94. The molecule has 0 radical (unpaired) electrons. The number of rotatable bonds is 4. The second-order valence-electron chi connectivity index (χ2n) is 4.91. The number of nitrogens with two attached hydrogens (primary N) is 2. The van der Waals surface area contributed by atoms with Gasteiger partial charge in [0.2, 0.25) is 0 Å². The molecule has 106 valence electrons. The lowest BCUT2D eigenvalue weighted by Gasteiger charge is -2.21. The predicted molar refractivity (Wildman–Crippen MR) is 75.8 cm³/mol. The molecule has 1 aromatic carbocycles. The van der Waals surface area contributed by atoms with Crippen molar-refractivity contribution >= 4 is 5.91 Å². The van der Waals surface area contributed by atoms with Crippen molar-refractivity contribution in [2.75, 3.05) is 14.2 Å². The molecule has 1 atom stereocenters. The molecule has 0 aliphatic rings. The monoisotopic (exact) mass is 265 g/mol. The number of carbonyl (C=O) groups excluding carboxylic acids is 1. The minimum absolute atomic E-state index is 0.292. The second-order valence-corrected chi connectivity index (χ2v) is 4.91. The molecule has 19 heavy (non-hydrogen) atoms. The van der Waals surface area contributed by atoms with Crippen molar-refractivity contribution < 1.29 is 9.53 Å². The van der Waals surface area contributed by atoms with Crippen LogP contribution >= 0.6 is 0 Å². The highest BCUT2D eigenvalue weighted by atomic mass is 16.5. The van der Waals surface area contributed by atoms with Crippen LogP contribution in [0.5, 0.6) is 5.75 Å². The summed E-state index contributed by atoms with van der Waals surface area (Å²) < 4.78 is 5.47. The molecule has 0 bridgehead atoms. The van der Waals surface area contributed by atoms with Crippen LogP contribution in [-0.4, -0.2) is 31.1 Å². The normalized spacial score (nSPS) is 12.2. The second kappa shape index (κ2) is 6.04. The molecular weight excluding hydrogens is 242 g/mol. The molecule has 0 heterocycles. The average Bonchev–Trinajstić information content (AvgIpc) is 2.35. The number of amides is 1. The summed E-state index contributed by atoms with van der Waals surface area (Å²) in [5, 5.41) is 1.02. The molecule has 5 heteroatoms. The van der Waals surface area contributed by atoms with Gasteiger partial charge in [0.1, 0.15) is 5.75 Å². The van der Waals surface area contributed by atoms with Gasteiger partial charge >= 0.3 is 0 Å². The first-order valence-electron chi connectivity index (χ1n) is 6.21. The number of ether oxygens (including phenoxy) is 1. The lowest BCUT2D eigenvalue weighted by Crippen LogP contribution is -2.46. The molecule has 4 N–H and O–H groups in total. The summed E-state index contributed by atoms with van der Waals surface area (Å²) in [5.74, 6) is 5.94. The summed E-state index contributed by atoms with van der Waals surface area (Å²) >= 11 is 0. The fourth-order valence-corrected chi connectivity index (χ4v) is 2.20. The van der Waals surface area contributed by atoms with Crippen LogP contribution in [0.2, 0.25) is 0 Å². The fourth-order valence-electron chi connectivity index (χ4n) is 2.20. The highest BCUT2D eigenvalue weighted by molar-refractivity contribution is 5.81. The van der Waals surface area contributed by atoms with E-state index in [0.717, 1.165) is 33.0 Å². The Morgan fingerprint density at radius 3 is 2.42 bits per heavy atom. The van der Waals surface area contributed by atoms with Gasteiger partial charge in [0, 0.05) is 13.5 Å². The molecule has 0 fully saturated rings. The minimum atomic E-state index is -0.662. The molecule has 0 saturated heterocycles. The van der Waals surface area contributed by atoms with E-state index >= 15 is 0 Å². The van der Waals surface area contributed by atoms with Crippen LogP contribution in [0, 0.1) is 20.8 Å². The van der Waals surface area contributed by atoms with Crippen LogP contribution < -0.4 is 16.3 Å². The van der Waals surface area contributed by atoms with E-state index in [1.807, 2.05) is 20.8 Å². The van der Waals surface area contributed by atoms with Crippen molar-refractivity contribution in [2.24, 2.45) is 11.6 Å². The van der Waals surface area contributed by atoms with Crippen LogP contribution in [0.25, 0.3) is 0 Å². The topological polar surface area (TPSA) is 81.6 Å². The van der Waals surface area contributed by atoms with Crippen LogP contribution in [0.15, 0.2) is 6.07 Å². The number of methoxy groups -OCH3 is 1. The average molecular weight is 265 g/mol. The smallest absolute Gasteiger partial charge is 0.253 e. The molecule has 0 aliphatic heterocycles. The third-order valence-corrected chi connectivity index (χ3v) is 3.41. The van der Waals surface area contributed by atoms with Gasteiger partial charge in [0.15, 0.2) is 0 Å². The molecule has 1 unspecified atom stereocenters. The van der Waals surface area contributed by atoms with Gasteiger partial charge in [0.05, 0.1) is 13.2 Å². The summed E-state index contributed by atoms with van der Waals surface area (Å²) in [6.45, 7) is 6.03. The van der Waals surface area contributed by atoms with Crippen LogP contribution in [0.4, 0.5) is 0 Å². The first-order valence-corrected chi connectivity index (χ1v) is 6.21. The van der Waals surface area contributed by atoms with Crippen molar-refractivity contribution in [1.29, 1.82) is 0 Å². The Labute approximate surface area is 114 Å². The van der Waals surface area contributed by atoms with Gasteiger partial charge < -0.3 is 10.5 Å². The van der Waals surface area contributed by atoms with Gasteiger partial charge in [-0.3, -0.25) is 9.80 Å². The van der Waals surface area contributed by atoms with Crippen molar-refractivity contribution in [1.82, 2.24) is 5.01 Å².